The number of aryl methyl sites for hydroxylation is 2. The van der Waals surface area contributed by atoms with Gasteiger partial charge in [-0.15, -0.1) is 0 Å². The number of benzene rings is 1. The Labute approximate surface area is 277 Å². The first-order chi connectivity index (χ1) is 22.8. The van der Waals surface area contributed by atoms with Gasteiger partial charge in [-0.2, -0.15) is 5.10 Å². The highest BCUT2D eigenvalue weighted by molar-refractivity contribution is 5.94. The molecule has 2 saturated carbocycles. The number of carbonyl (C=O) groups excluding carboxylic acids is 2. The standard InChI is InChI=1S/C37H48FN5O4/c1-25-21-41(22-25)37(45)47-33-11-8-29(9-12-33)36(44)43(35-19-31(14-16-39-35)32-20-40-42(24-32)17-15-38)23-27-4-6-28(7-5-27)30-10-13-34(46-3)26(2)18-30/h10,13-14,16,18-20,24-25,27-29,33H,4-9,11-12,15,17,21-23H2,1-3H3. The average Bonchev–Trinajstić information content (AvgIpc) is 3.55. The van der Waals surface area contributed by atoms with Crippen molar-refractivity contribution in [1.82, 2.24) is 19.7 Å². The lowest BCUT2D eigenvalue weighted by Gasteiger charge is -2.38. The van der Waals surface area contributed by atoms with Gasteiger partial charge in [0.2, 0.25) is 5.91 Å². The summed E-state index contributed by atoms with van der Waals surface area (Å²) in [5.74, 6) is 2.89. The first-order valence-electron chi connectivity index (χ1n) is 17.3. The summed E-state index contributed by atoms with van der Waals surface area (Å²) >= 11 is 0. The van der Waals surface area contributed by atoms with Crippen LogP contribution < -0.4 is 9.64 Å². The number of rotatable bonds is 10. The van der Waals surface area contributed by atoms with Crippen molar-refractivity contribution in [2.75, 3.05) is 38.3 Å². The third kappa shape index (κ3) is 7.79. The van der Waals surface area contributed by atoms with Crippen LogP contribution in [-0.4, -0.2) is 71.2 Å². The number of aromatic nitrogens is 3. The first kappa shape index (κ1) is 33.0. The molecule has 3 heterocycles. The van der Waals surface area contributed by atoms with Gasteiger partial charge in [0.15, 0.2) is 0 Å². The fourth-order valence-electron chi connectivity index (χ4n) is 7.57. The number of amides is 2. The Hall–Kier alpha value is -3.95. The van der Waals surface area contributed by atoms with Crippen molar-refractivity contribution < 1.29 is 23.5 Å². The lowest BCUT2D eigenvalue weighted by atomic mass is 9.78. The van der Waals surface area contributed by atoms with Gasteiger partial charge in [-0.25, -0.2) is 14.2 Å². The summed E-state index contributed by atoms with van der Waals surface area (Å²) in [5.41, 5.74) is 4.28. The van der Waals surface area contributed by atoms with Crippen molar-refractivity contribution >= 4 is 17.8 Å². The molecule has 3 fully saturated rings. The SMILES string of the molecule is COc1ccc(C2CCC(CN(C(=O)C3CCC(OC(=O)N4CC(C)C4)CC3)c3cc(-c4cnn(CCF)c4)ccn3)CC2)cc1C. The molecule has 2 aromatic heterocycles. The van der Waals surface area contributed by atoms with E-state index in [1.54, 1.807) is 29.1 Å². The summed E-state index contributed by atoms with van der Waals surface area (Å²) in [4.78, 5) is 35.2. The van der Waals surface area contributed by atoms with E-state index in [1.807, 2.05) is 23.2 Å². The molecule has 2 aliphatic carbocycles. The maximum atomic E-state index is 14.3. The van der Waals surface area contributed by atoms with E-state index in [0.29, 0.717) is 55.8 Å². The Kier molecular flexibility index (Phi) is 10.4. The maximum Gasteiger partial charge on any atom is 0.410 e. The summed E-state index contributed by atoms with van der Waals surface area (Å²) in [5, 5.41) is 4.29. The summed E-state index contributed by atoms with van der Waals surface area (Å²) in [6, 6.07) is 10.4. The molecule has 9 nitrogen and oxygen atoms in total. The van der Waals surface area contributed by atoms with Crippen molar-refractivity contribution in [3.63, 3.8) is 0 Å². The second-order valence-corrected chi connectivity index (χ2v) is 13.8. The van der Waals surface area contributed by atoms with Gasteiger partial charge in [0.1, 0.15) is 24.3 Å². The molecule has 1 saturated heterocycles. The summed E-state index contributed by atoms with van der Waals surface area (Å²) in [6.07, 6.45) is 11.9. The van der Waals surface area contributed by atoms with Crippen LogP contribution in [0.15, 0.2) is 48.9 Å². The van der Waals surface area contributed by atoms with Crippen LogP contribution in [-0.2, 0) is 16.1 Å². The number of halogens is 1. The van der Waals surface area contributed by atoms with Gasteiger partial charge < -0.3 is 14.4 Å². The monoisotopic (exact) mass is 645 g/mol. The van der Waals surface area contributed by atoms with Crippen LogP contribution in [0.2, 0.25) is 0 Å². The molecule has 0 spiro atoms. The topological polar surface area (TPSA) is 89.8 Å². The highest BCUT2D eigenvalue weighted by Crippen LogP contribution is 2.39. The second-order valence-electron chi connectivity index (χ2n) is 13.8. The van der Waals surface area contributed by atoms with E-state index in [-0.39, 0.29) is 30.6 Å². The van der Waals surface area contributed by atoms with Crippen LogP contribution in [0.5, 0.6) is 5.75 Å². The first-order valence-corrected chi connectivity index (χ1v) is 17.3. The molecule has 1 aromatic carbocycles. The van der Waals surface area contributed by atoms with Crippen molar-refractivity contribution in [2.24, 2.45) is 17.8 Å². The zero-order chi connectivity index (χ0) is 32.9. The van der Waals surface area contributed by atoms with E-state index in [2.05, 4.69) is 37.1 Å². The molecule has 0 unspecified atom stereocenters. The normalized spacial score (nSPS) is 23.2. The smallest absolute Gasteiger partial charge is 0.410 e. The van der Waals surface area contributed by atoms with E-state index in [1.165, 1.54) is 5.56 Å². The lowest BCUT2D eigenvalue weighted by Crippen LogP contribution is -2.50. The molecule has 0 N–H and O–H groups in total. The molecule has 0 atom stereocenters. The molecule has 6 rings (SSSR count). The number of alkyl halides is 1. The number of anilines is 1. The lowest BCUT2D eigenvalue weighted by molar-refractivity contribution is -0.124. The molecule has 2 amide bonds. The molecule has 0 radical (unpaired) electrons. The Balaban J connectivity index is 1.14. The molecule has 0 bridgehead atoms. The summed E-state index contributed by atoms with van der Waals surface area (Å²) < 4.78 is 25.8. The zero-order valence-electron chi connectivity index (χ0n) is 27.9. The van der Waals surface area contributed by atoms with Crippen molar-refractivity contribution in [2.45, 2.75) is 83.8 Å². The van der Waals surface area contributed by atoms with Crippen LogP contribution in [0.4, 0.5) is 15.0 Å². The van der Waals surface area contributed by atoms with Crippen LogP contribution in [0, 0.1) is 24.7 Å². The van der Waals surface area contributed by atoms with E-state index in [0.717, 1.165) is 61.2 Å². The van der Waals surface area contributed by atoms with Gasteiger partial charge in [-0.3, -0.25) is 14.4 Å². The molecule has 3 aromatic rings. The summed E-state index contributed by atoms with van der Waals surface area (Å²) in [6.45, 7) is 6.07. The minimum Gasteiger partial charge on any atom is -0.496 e. The van der Waals surface area contributed by atoms with Crippen molar-refractivity contribution in [3.05, 3.63) is 60.0 Å². The number of hydrogen-bond acceptors (Lipinski definition) is 6. The van der Waals surface area contributed by atoms with Gasteiger partial charge in [-0.05, 0) is 111 Å². The van der Waals surface area contributed by atoms with E-state index >= 15 is 0 Å². The van der Waals surface area contributed by atoms with Crippen molar-refractivity contribution in [1.29, 1.82) is 0 Å². The van der Waals surface area contributed by atoms with Gasteiger partial charge in [0.05, 0.1) is 19.9 Å². The number of likely N-dealkylation sites (tertiary alicyclic amines) is 1. The Bertz CT molecular complexity index is 1520. The predicted octanol–water partition coefficient (Wildman–Crippen LogP) is 7.19. The largest absolute Gasteiger partial charge is 0.496 e. The van der Waals surface area contributed by atoms with Crippen LogP contribution >= 0.6 is 0 Å². The zero-order valence-corrected chi connectivity index (χ0v) is 27.9. The second kappa shape index (κ2) is 14.9. The quantitative estimate of drug-likeness (QED) is 0.232. The number of nitrogens with zero attached hydrogens (tertiary/aromatic N) is 5. The predicted molar refractivity (Wildman–Crippen MR) is 179 cm³/mol. The van der Waals surface area contributed by atoms with Gasteiger partial charge >= 0.3 is 6.09 Å². The molecule has 252 valence electrons. The molecule has 3 aliphatic rings. The molecule has 47 heavy (non-hydrogen) atoms. The molecular formula is C37H48FN5O4. The Morgan fingerprint density at radius 1 is 1.00 bits per heavy atom. The van der Waals surface area contributed by atoms with E-state index in [4.69, 9.17) is 14.5 Å². The van der Waals surface area contributed by atoms with Gasteiger partial charge in [0, 0.05) is 43.5 Å². The Morgan fingerprint density at radius 3 is 2.45 bits per heavy atom. The van der Waals surface area contributed by atoms with Crippen LogP contribution in [0.3, 0.4) is 0 Å². The number of carbonyl (C=O) groups is 2. The van der Waals surface area contributed by atoms with Gasteiger partial charge in [0.25, 0.3) is 0 Å². The van der Waals surface area contributed by atoms with Crippen molar-refractivity contribution in [3.8, 4) is 16.9 Å². The Morgan fingerprint density at radius 2 is 1.77 bits per heavy atom. The number of hydrogen-bond donors (Lipinski definition) is 0. The van der Waals surface area contributed by atoms with Gasteiger partial charge in [-0.1, -0.05) is 19.1 Å². The fourth-order valence-corrected chi connectivity index (χ4v) is 7.57. The minimum atomic E-state index is -0.482. The maximum absolute atomic E-state index is 14.3. The third-order valence-corrected chi connectivity index (χ3v) is 10.4. The third-order valence-electron chi connectivity index (χ3n) is 10.4. The van der Waals surface area contributed by atoms with Crippen LogP contribution in [0.1, 0.15) is 75.3 Å². The van der Waals surface area contributed by atoms with E-state index in [9.17, 15) is 14.0 Å². The average molecular weight is 646 g/mol. The highest BCUT2D eigenvalue weighted by Gasteiger charge is 2.36. The molecule has 10 heteroatoms. The molecule has 1 aliphatic heterocycles. The number of ether oxygens (including phenoxy) is 2. The summed E-state index contributed by atoms with van der Waals surface area (Å²) in [7, 11) is 1.71. The fraction of sp³-hybridized carbons (Fsp3) is 0.568. The number of methoxy groups -OCH3 is 1. The highest BCUT2D eigenvalue weighted by atomic mass is 19.1. The molecular weight excluding hydrogens is 597 g/mol. The van der Waals surface area contributed by atoms with Crippen LogP contribution in [0.25, 0.3) is 11.1 Å². The number of pyridine rings is 1. The minimum absolute atomic E-state index is 0.0945. The van der Waals surface area contributed by atoms with E-state index < -0.39 is 6.67 Å².